The van der Waals surface area contributed by atoms with Gasteiger partial charge in [0.05, 0.1) is 0 Å². The quantitative estimate of drug-likeness (QED) is 0.623. The van der Waals surface area contributed by atoms with Crippen molar-refractivity contribution < 1.29 is 0 Å². The molecule has 0 amide bonds. The van der Waals surface area contributed by atoms with Crippen LogP contribution in [0.5, 0.6) is 0 Å². The minimum atomic E-state index is 0.830. The van der Waals surface area contributed by atoms with Gasteiger partial charge in [-0.05, 0) is 23.3 Å². The van der Waals surface area contributed by atoms with Gasteiger partial charge in [0.2, 0.25) is 0 Å². The van der Waals surface area contributed by atoms with Gasteiger partial charge in [-0.1, -0.05) is 39.5 Å². The largest absolute Gasteiger partial charge is 0.159 e. The van der Waals surface area contributed by atoms with Crippen molar-refractivity contribution in [1.29, 1.82) is 0 Å². The minimum Gasteiger partial charge on any atom is -0.159 e. The van der Waals surface area contributed by atoms with Crippen molar-refractivity contribution in [1.82, 2.24) is 0 Å². The van der Waals surface area contributed by atoms with Crippen LogP contribution in [0.25, 0.3) is 0 Å². The van der Waals surface area contributed by atoms with Crippen molar-refractivity contribution in [3.05, 3.63) is 0 Å². The smallest absolute Gasteiger partial charge is 0.000968 e. The lowest BCUT2D eigenvalue weighted by Crippen LogP contribution is -1.97. The molecule has 0 atom stereocenters. The van der Waals surface area contributed by atoms with Gasteiger partial charge in [0.15, 0.2) is 0 Å². The van der Waals surface area contributed by atoms with Crippen molar-refractivity contribution in [3.63, 3.8) is 0 Å². The van der Waals surface area contributed by atoms with Gasteiger partial charge in [-0.25, -0.2) is 0 Å². The molecule has 1 saturated carbocycles. The summed E-state index contributed by atoms with van der Waals surface area (Å²) in [4.78, 5) is 0. The molecule has 11 heavy (non-hydrogen) atoms. The molecule has 1 rings (SSSR count). The topological polar surface area (TPSA) is 0 Å². The van der Waals surface area contributed by atoms with E-state index in [1.165, 1.54) is 37.9 Å². The molecule has 1 aliphatic rings. The highest BCUT2D eigenvalue weighted by molar-refractivity contribution is 7.99. The van der Waals surface area contributed by atoms with E-state index in [4.69, 9.17) is 0 Å². The van der Waals surface area contributed by atoms with Crippen LogP contribution in [0.2, 0.25) is 0 Å². The number of hydrogen-bond donors (Lipinski definition) is 0. The highest BCUT2D eigenvalue weighted by Crippen LogP contribution is 2.29. The molecule has 0 N–H and O–H groups in total. The van der Waals surface area contributed by atoms with Crippen molar-refractivity contribution in [2.75, 3.05) is 5.75 Å². The zero-order valence-corrected chi connectivity index (χ0v) is 8.62. The molecule has 0 aliphatic heterocycles. The summed E-state index contributed by atoms with van der Waals surface area (Å²) in [7, 11) is 0. The molecular weight excluding hydrogens is 152 g/mol. The summed E-state index contributed by atoms with van der Waals surface area (Å²) in [5, 5.41) is 0.830. The summed E-state index contributed by atoms with van der Waals surface area (Å²) in [5.74, 6) is 2.48. The van der Waals surface area contributed by atoms with Gasteiger partial charge in [0.1, 0.15) is 0 Å². The lowest BCUT2D eigenvalue weighted by molar-refractivity contribution is 0.535. The summed E-state index contributed by atoms with van der Waals surface area (Å²) >= 11 is 2.12. The third kappa shape index (κ3) is 4.05. The molecule has 66 valence electrons. The van der Waals surface area contributed by atoms with E-state index < -0.39 is 0 Å². The van der Waals surface area contributed by atoms with Crippen LogP contribution >= 0.6 is 11.8 Å². The van der Waals surface area contributed by atoms with Gasteiger partial charge in [0.25, 0.3) is 0 Å². The molecule has 1 heteroatoms. The van der Waals surface area contributed by atoms with Crippen molar-refractivity contribution in [2.24, 2.45) is 5.92 Å². The highest BCUT2D eigenvalue weighted by Gasteiger charge is 2.14. The van der Waals surface area contributed by atoms with Crippen LogP contribution in [0.15, 0.2) is 0 Å². The first-order chi connectivity index (χ1) is 5.29. The van der Waals surface area contributed by atoms with Crippen LogP contribution in [0, 0.1) is 5.92 Å². The maximum Gasteiger partial charge on any atom is -0.000968 e. The predicted octanol–water partition coefficient (Wildman–Crippen LogP) is 3.71. The van der Waals surface area contributed by atoms with Gasteiger partial charge in [-0.3, -0.25) is 0 Å². The molecule has 0 unspecified atom stereocenters. The molecule has 0 spiro atoms. The Kier molecular flexibility index (Phi) is 4.36. The van der Waals surface area contributed by atoms with E-state index in [0.717, 1.165) is 11.2 Å². The fourth-order valence-corrected chi connectivity index (χ4v) is 2.71. The van der Waals surface area contributed by atoms with Crippen molar-refractivity contribution in [2.45, 2.75) is 51.2 Å². The van der Waals surface area contributed by atoms with Crippen LogP contribution in [-0.2, 0) is 0 Å². The third-order valence-corrected chi connectivity index (χ3v) is 3.59. The molecule has 0 radical (unpaired) electrons. The van der Waals surface area contributed by atoms with E-state index >= 15 is 0 Å². The van der Waals surface area contributed by atoms with Crippen LogP contribution in [-0.4, -0.2) is 11.0 Å². The second kappa shape index (κ2) is 5.08. The zero-order valence-electron chi connectivity index (χ0n) is 7.81. The highest BCUT2D eigenvalue weighted by atomic mass is 32.2. The first-order valence-electron chi connectivity index (χ1n) is 4.90. The Balaban J connectivity index is 1.94. The number of rotatable bonds is 4. The van der Waals surface area contributed by atoms with Gasteiger partial charge < -0.3 is 0 Å². The van der Waals surface area contributed by atoms with E-state index in [1.807, 2.05) is 0 Å². The van der Waals surface area contributed by atoms with E-state index in [1.54, 1.807) is 0 Å². The second-order valence-corrected chi connectivity index (χ2v) is 5.54. The van der Waals surface area contributed by atoms with Crippen molar-refractivity contribution in [3.8, 4) is 0 Å². The van der Waals surface area contributed by atoms with E-state index in [2.05, 4.69) is 25.6 Å². The van der Waals surface area contributed by atoms with Crippen LogP contribution in [0.3, 0.4) is 0 Å². The maximum atomic E-state index is 2.29. The fourth-order valence-electron chi connectivity index (χ4n) is 1.77. The Bertz CT molecular complexity index is 93.0. The molecule has 0 bridgehead atoms. The Hall–Kier alpha value is 0.350. The number of thioether (sulfide) groups is 1. The first-order valence-corrected chi connectivity index (χ1v) is 5.95. The number of hydrogen-bond acceptors (Lipinski definition) is 1. The van der Waals surface area contributed by atoms with Gasteiger partial charge in [0, 0.05) is 0 Å². The van der Waals surface area contributed by atoms with E-state index in [-0.39, 0.29) is 0 Å². The summed E-state index contributed by atoms with van der Waals surface area (Å²) in [5.41, 5.74) is 0. The molecular formula is C10H20S. The zero-order chi connectivity index (χ0) is 8.10. The molecule has 1 aliphatic carbocycles. The third-order valence-electron chi connectivity index (χ3n) is 2.45. The van der Waals surface area contributed by atoms with Gasteiger partial charge in [-0.15, -0.1) is 0 Å². The molecule has 0 aromatic carbocycles. The van der Waals surface area contributed by atoms with Crippen LogP contribution < -0.4 is 0 Å². The van der Waals surface area contributed by atoms with Crippen LogP contribution in [0.1, 0.15) is 46.0 Å². The molecule has 0 aromatic rings. The molecule has 1 fully saturated rings. The Labute approximate surface area is 75.1 Å². The summed E-state index contributed by atoms with van der Waals surface area (Å²) in [6, 6.07) is 0. The first kappa shape index (κ1) is 9.44. The lowest BCUT2D eigenvalue weighted by Gasteiger charge is -2.09. The van der Waals surface area contributed by atoms with E-state index in [9.17, 15) is 0 Å². The monoisotopic (exact) mass is 172 g/mol. The Morgan fingerprint density at radius 3 is 2.45 bits per heavy atom. The normalized spacial score (nSPS) is 19.9. The minimum absolute atomic E-state index is 0.830. The Morgan fingerprint density at radius 1 is 1.27 bits per heavy atom. The average molecular weight is 172 g/mol. The molecule has 0 aromatic heterocycles. The van der Waals surface area contributed by atoms with Crippen LogP contribution in [0.4, 0.5) is 0 Å². The summed E-state index contributed by atoms with van der Waals surface area (Å²) in [6.07, 6.45) is 7.49. The standard InChI is InChI=1S/C10H20S/c1-9(2)11-8-7-10-5-3-4-6-10/h9-10H,3-8H2,1-2H3. The van der Waals surface area contributed by atoms with Gasteiger partial charge in [-0.2, -0.15) is 11.8 Å². The van der Waals surface area contributed by atoms with Crippen molar-refractivity contribution >= 4 is 11.8 Å². The second-order valence-electron chi connectivity index (χ2n) is 3.86. The predicted molar refractivity (Wildman–Crippen MR) is 54.2 cm³/mol. The average Bonchev–Trinajstić information content (AvgIpc) is 2.39. The Morgan fingerprint density at radius 2 is 1.91 bits per heavy atom. The summed E-state index contributed by atoms with van der Waals surface area (Å²) < 4.78 is 0. The SMILES string of the molecule is CC(C)SCCC1CCCC1. The van der Waals surface area contributed by atoms with Gasteiger partial charge >= 0.3 is 0 Å². The molecule has 0 heterocycles. The maximum absolute atomic E-state index is 2.29. The molecule has 0 saturated heterocycles. The lowest BCUT2D eigenvalue weighted by atomic mass is 10.1. The fraction of sp³-hybridized carbons (Fsp3) is 1.00. The van der Waals surface area contributed by atoms with E-state index in [0.29, 0.717) is 0 Å². The molecule has 0 nitrogen and oxygen atoms in total. The summed E-state index contributed by atoms with van der Waals surface area (Å²) in [6.45, 7) is 4.58.